The van der Waals surface area contributed by atoms with Gasteiger partial charge in [-0.05, 0) is 50.7 Å². The van der Waals surface area contributed by atoms with Gasteiger partial charge in [0.25, 0.3) is 5.91 Å². The van der Waals surface area contributed by atoms with Crippen molar-refractivity contribution in [2.75, 3.05) is 6.54 Å². The predicted octanol–water partition coefficient (Wildman–Crippen LogP) is 3.77. The van der Waals surface area contributed by atoms with Gasteiger partial charge in [-0.25, -0.2) is 0 Å². The molecule has 1 amide bonds. The number of aryl methyl sites for hydroxylation is 1. The number of hydrogen-bond donors (Lipinski definition) is 1. The van der Waals surface area contributed by atoms with Crippen molar-refractivity contribution in [1.29, 1.82) is 0 Å². The van der Waals surface area contributed by atoms with Crippen LogP contribution in [0.15, 0.2) is 35.9 Å². The fraction of sp³-hybridized carbons (Fsp3) is 0.500. The fourth-order valence-corrected chi connectivity index (χ4v) is 2.54. The first-order valence-electron chi connectivity index (χ1n) is 7.88. The summed E-state index contributed by atoms with van der Waals surface area (Å²) in [6.45, 7) is 4.63. The number of rotatable bonds is 6. The lowest BCUT2D eigenvalue weighted by Gasteiger charge is -2.20. The molecule has 1 aliphatic carbocycles. The van der Waals surface area contributed by atoms with Crippen LogP contribution in [-0.2, 0) is 4.79 Å². The summed E-state index contributed by atoms with van der Waals surface area (Å²) in [4.78, 5) is 12.3. The van der Waals surface area contributed by atoms with Crippen molar-refractivity contribution in [3.05, 3.63) is 41.5 Å². The van der Waals surface area contributed by atoms with Crippen molar-refractivity contribution in [3.63, 3.8) is 0 Å². The molecule has 0 saturated carbocycles. The van der Waals surface area contributed by atoms with E-state index < -0.39 is 6.10 Å². The Morgan fingerprint density at radius 2 is 2.14 bits per heavy atom. The Balaban J connectivity index is 1.89. The lowest BCUT2D eigenvalue weighted by molar-refractivity contribution is -0.127. The van der Waals surface area contributed by atoms with E-state index in [9.17, 15) is 4.79 Å². The zero-order valence-corrected chi connectivity index (χ0v) is 13.0. The van der Waals surface area contributed by atoms with Crippen molar-refractivity contribution in [2.24, 2.45) is 0 Å². The number of amides is 1. The molecule has 0 saturated heterocycles. The second kappa shape index (κ2) is 7.87. The van der Waals surface area contributed by atoms with Gasteiger partial charge in [0.1, 0.15) is 5.75 Å². The molecule has 1 aromatic rings. The van der Waals surface area contributed by atoms with Crippen LogP contribution in [0.3, 0.4) is 0 Å². The van der Waals surface area contributed by atoms with E-state index in [-0.39, 0.29) is 5.91 Å². The van der Waals surface area contributed by atoms with E-state index in [0.29, 0.717) is 13.0 Å². The van der Waals surface area contributed by atoms with Crippen molar-refractivity contribution in [1.82, 2.24) is 5.32 Å². The molecule has 0 heterocycles. The second-order valence-corrected chi connectivity index (χ2v) is 5.61. The van der Waals surface area contributed by atoms with Gasteiger partial charge >= 0.3 is 0 Å². The number of benzene rings is 1. The Morgan fingerprint density at radius 3 is 2.81 bits per heavy atom. The number of allylic oxidation sites excluding steroid dienone is 1. The van der Waals surface area contributed by atoms with Crippen LogP contribution in [-0.4, -0.2) is 18.6 Å². The molecule has 1 aliphatic rings. The topological polar surface area (TPSA) is 38.3 Å². The number of hydrogen-bond acceptors (Lipinski definition) is 2. The van der Waals surface area contributed by atoms with E-state index in [2.05, 4.69) is 11.4 Å². The van der Waals surface area contributed by atoms with E-state index in [1.165, 1.54) is 18.4 Å². The monoisotopic (exact) mass is 287 g/mol. The van der Waals surface area contributed by atoms with Crippen LogP contribution in [0.5, 0.6) is 5.75 Å². The minimum Gasteiger partial charge on any atom is -0.480 e. The van der Waals surface area contributed by atoms with E-state index in [4.69, 9.17) is 4.74 Å². The standard InChI is InChI=1S/C18H25NO2/c1-3-16(21-17-12-8-7-9-14(17)2)18(20)19-13-15-10-5-4-6-11-15/h7-10,12,16H,3-6,11,13H2,1-2H3,(H,19,20)/t16-/m1/s1. The molecule has 21 heavy (non-hydrogen) atoms. The molecular weight excluding hydrogens is 262 g/mol. The van der Waals surface area contributed by atoms with Gasteiger partial charge in [-0.15, -0.1) is 0 Å². The highest BCUT2D eigenvalue weighted by molar-refractivity contribution is 5.81. The summed E-state index contributed by atoms with van der Waals surface area (Å²) in [5, 5.41) is 3.01. The molecule has 3 nitrogen and oxygen atoms in total. The second-order valence-electron chi connectivity index (χ2n) is 5.61. The Bertz CT molecular complexity index is 508. The average Bonchev–Trinajstić information content (AvgIpc) is 2.53. The molecule has 0 unspecified atom stereocenters. The van der Waals surface area contributed by atoms with Gasteiger partial charge < -0.3 is 10.1 Å². The van der Waals surface area contributed by atoms with E-state index in [0.717, 1.165) is 24.2 Å². The van der Waals surface area contributed by atoms with Crippen LogP contribution in [0.25, 0.3) is 0 Å². The molecule has 0 aliphatic heterocycles. The van der Waals surface area contributed by atoms with Crippen LogP contribution < -0.4 is 10.1 Å². The smallest absolute Gasteiger partial charge is 0.261 e. The number of carbonyl (C=O) groups excluding carboxylic acids is 1. The van der Waals surface area contributed by atoms with Gasteiger partial charge in [-0.3, -0.25) is 4.79 Å². The molecule has 0 bridgehead atoms. The molecule has 3 heteroatoms. The molecule has 0 spiro atoms. The molecule has 1 N–H and O–H groups in total. The Labute approximate surface area is 127 Å². The maximum Gasteiger partial charge on any atom is 0.261 e. The van der Waals surface area contributed by atoms with Crippen molar-refractivity contribution in [2.45, 2.75) is 52.1 Å². The SMILES string of the molecule is CC[C@@H](Oc1ccccc1C)C(=O)NCC1=CCCCC1. The summed E-state index contributed by atoms with van der Waals surface area (Å²) >= 11 is 0. The Morgan fingerprint density at radius 1 is 1.33 bits per heavy atom. The van der Waals surface area contributed by atoms with Crippen LogP contribution in [0.4, 0.5) is 0 Å². The highest BCUT2D eigenvalue weighted by Crippen LogP contribution is 2.19. The minimum atomic E-state index is -0.421. The first-order valence-corrected chi connectivity index (χ1v) is 7.88. The summed E-state index contributed by atoms with van der Waals surface area (Å²) in [6.07, 6.45) is 7.25. The zero-order valence-electron chi connectivity index (χ0n) is 13.0. The maximum atomic E-state index is 12.3. The number of nitrogens with one attached hydrogen (secondary N) is 1. The normalized spacial score (nSPS) is 16.0. The fourth-order valence-electron chi connectivity index (χ4n) is 2.54. The molecule has 2 rings (SSSR count). The molecule has 114 valence electrons. The first-order chi connectivity index (χ1) is 10.2. The molecule has 0 aromatic heterocycles. The largest absolute Gasteiger partial charge is 0.480 e. The van der Waals surface area contributed by atoms with Crippen molar-refractivity contribution >= 4 is 5.91 Å². The van der Waals surface area contributed by atoms with Gasteiger partial charge in [0.15, 0.2) is 6.10 Å². The highest BCUT2D eigenvalue weighted by atomic mass is 16.5. The van der Waals surface area contributed by atoms with Gasteiger partial charge in [0.05, 0.1) is 0 Å². The summed E-state index contributed by atoms with van der Waals surface area (Å²) in [5.41, 5.74) is 2.40. The Hall–Kier alpha value is -1.77. The Kier molecular flexibility index (Phi) is 5.85. The highest BCUT2D eigenvalue weighted by Gasteiger charge is 2.19. The van der Waals surface area contributed by atoms with Gasteiger partial charge in [0, 0.05) is 6.54 Å². The van der Waals surface area contributed by atoms with Crippen LogP contribution >= 0.6 is 0 Å². The maximum absolute atomic E-state index is 12.3. The third-order valence-electron chi connectivity index (χ3n) is 3.90. The molecule has 1 aromatic carbocycles. The summed E-state index contributed by atoms with van der Waals surface area (Å²) in [7, 11) is 0. The van der Waals surface area contributed by atoms with E-state index in [1.807, 2.05) is 38.1 Å². The lowest BCUT2D eigenvalue weighted by atomic mass is 9.99. The van der Waals surface area contributed by atoms with Gasteiger partial charge in [0.2, 0.25) is 0 Å². The molecular formula is C18H25NO2. The minimum absolute atomic E-state index is 0.0211. The summed E-state index contributed by atoms with van der Waals surface area (Å²) in [5.74, 6) is 0.767. The summed E-state index contributed by atoms with van der Waals surface area (Å²) in [6, 6.07) is 7.81. The van der Waals surface area contributed by atoms with E-state index >= 15 is 0 Å². The summed E-state index contributed by atoms with van der Waals surface area (Å²) < 4.78 is 5.86. The quantitative estimate of drug-likeness (QED) is 0.809. The number of carbonyl (C=O) groups is 1. The first kappa shape index (κ1) is 15.6. The number of para-hydroxylation sites is 1. The predicted molar refractivity (Wildman–Crippen MR) is 85.4 cm³/mol. The molecule has 0 fully saturated rings. The van der Waals surface area contributed by atoms with Crippen LogP contribution in [0, 0.1) is 6.92 Å². The van der Waals surface area contributed by atoms with Gasteiger partial charge in [-0.2, -0.15) is 0 Å². The van der Waals surface area contributed by atoms with E-state index in [1.54, 1.807) is 0 Å². The molecule has 1 atom stereocenters. The van der Waals surface area contributed by atoms with Crippen LogP contribution in [0.2, 0.25) is 0 Å². The van der Waals surface area contributed by atoms with Crippen LogP contribution in [0.1, 0.15) is 44.6 Å². The molecule has 0 radical (unpaired) electrons. The number of ether oxygens (including phenoxy) is 1. The zero-order chi connectivity index (χ0) is 15.1. The lowest BCUT2D eigenvalue weighted by Crippen LogP contribution is -2.39. The van der Waals surface area contributed by atoms with Gasteiger partial charge in [-0.1, -0.05) is 36.8 Å². The third-order valence-corrected chi connectivity index (χ3v) is 3.90. The van der Waals surface area contributed by atoms with Crippen molar-refractivity contribution in [3.8, 4) is 5.75 Å². The van der Waals surface area contributed by atoms with Crippen molar-refractivity contribution < 1.29 is 9.53 Å². The third kappa shape index (κ3) is 4.62. The average molecular weight is 287 g/mol.